The number of rotatable bonds is 3. The monoisotopic (exact) mass is 280 g/mol. The van der Waals surface area contributed by atoms with E-state index >= 15 is 0 Å². The second kappa shape index (κ2) is 5.67. The standard InChI is InChI=1S/C13H10ClFN2O2/c1-19-12-6-8(2-3-9(12)14)13(18)17-11-4-5-16-7-10(11)15/h2-7H,1H3,(H,16,17,18). The third-order valence-electron chi connectivity index (χ3n) is 2.43. The Hall–Kier alpha value is -2.14. The van der Waals surface area contributed by atoms with Crippen molar-refractivity contribution in [3.05, 3.63) is 53.1 Å². The summed E-state index contributed by atoms with van der Waals surface area (Å²) in [6.07, 6.45) is 2.42. The third kappa shape index (κ3) is 3.00. The molecule has 4 nitrogen and oxygen atoms in total. The first-order chi connectivity index (χ1) is 9.11. The summed E-state index contributed by atoms with van der Waals surface area (Å²) in [4.78, 5) is 15.5. The molecule has 0 fully saturated rings. The van der Waals surface area contributed by atoms with Crippen LogP contribution in [0.1, 0.15) is 10.4 Å². The Bertz CT molecular complexity index is 619. The molecule has 0 radical (unpaired) electrons. The van der Waals surface area contributed by atoms with Crippen LogP contribution in [0, 0.1) is 5.82 Å². The van der Waals surface area contributed by atoms with Crippen LogP contribution in [0.15, 0.2) is 36.7 Å². The van der Waals surface area contributed by atoms with Gasteiger partial charge in [-0.3, -0.25) is 9.78 Å². The first-order valence-electron chi connectivity index (χ1n) is 5.36. The van der Waals surface area contributed by atoms with Gasteiger partial charge >= 0.3 is 0 Å². The summed E-state index contributed by atoms with van der Waals surface area (Å²) in [5.74, 6) is -0.679. The summed E-state index contributed by atoms with van der Waals surface area (Å²) in [5.41, 5.74) is 0.381. The zero-order valence-electron chi connectivity index (χ0n) is 9.98. The number of nitrogens with zero attached hydrogens (tertiary/aromatic N) is 1. The summed E-state index contributed by atoms with van der Waals surface area (Å²) in [5, 5.41) is 2.84. The van der Waals surface area contributed by atoms with E-state index in [2.05, 4.69) is 10.3 Å². The van der Waals surface area contributed by atoms with Crippen LogP contribution >= 0.6 is 11.6 Å². The van der Waals surface area contributed by atoms with E-state index in [0.717, 1.165) is 6.20 Å². The molecule has 0 unspecified atom stereocenters. The second-order valence-corrected chi connectivity index (χ2v) is 4.07. The van der Waals surface area contributed by atoms with Crippen LogP contribution in [-0.2, 0) is 0 Å². The number of methoxy groups -OCH3 is 1. The predicted octanol–water partition coefficient (Wildman–Crippen LogP) is 3.14. The normalized spacial score (nSPS) is 10.1. The maximum absolute atomic E-state index is 13.4. The average Bonchev–Trinajstić information content (AvgIpc) is 2.42. The van der Waals surface area contributed by atoms with Crippen LogP contribution < -0.4 is 10.1 Å². The highest BCUT2D eigenvalue weighted by Gasteiger charge is 2.11. The molecule has 6 heteroatoms. The molecular weight excluding hydrogens is 271 g/mol. The number of benzene rings is 1. The largest absolute Gasteiger partial charge is 0.495 e. The SMILES string of the molecule is COc1cc(C(=O)Nc2ccncc2F)ccc1Cl. The molecule has 1 aromatic carbocycles. The molecule has 98 valence electrons. The first-order valence-corrected chi connectivity index (χ1v) is 5.74. The van der Waals surface area contributed by atoms with Crippen molar-refractivity contribution in [2.45, 2.75) is 0 Å². The molecule has 0 aliphatic rings. The van der Waals surface area contributed by atoms with Crippen LogP contribution in [-0.4, -0.2) is 18.0 Å². The number of carbonyl (C=O) groups excluding carboxylic acids is 1. The maximum atomic E-state index is 13.4. The Morgan fingerprint density at radius 3 is 2.89 bits per heavy atom. The quantitative estimate of drug-likeness (QED) is 0.940. The summed E-state index contributed by atoms with van der Waals surface area (Å²) in [7, 11) is 1.45. The van der Waals surface area contributed by atoms with E-state index in [1.807, 2.05) is 0 Å². The minimum atomic E-state index is -0.600. The summed E-state index contributed by atoms with van der Waals surface area (Å²) < 4.78 is 18.4. The topological polar surface area (TPSA) is 51.2 Å². The van der Waals surface area contributed by atoms with Gasteiger partial charge in [0.2, 0.25) is 0 Å². The van der Waals surface area contributed by atoms with Gasteiger partial charge < -0.3 is 10.1 Å². The predicted molar refractivity (Wildman–Crippen MR) is 70.2 cm³/mol. The molecule has 1 aromatic heterocycles. The number of hydrogen-bond acceptors (Lipinski definition) is 3. The highest BCUT2D eigenvalue weighted by Crippen LogP contribution is 2.25. The van der Waals surface area contributed by atoms with E-state index in [9.17, 15) is 9.18 Å². The fourth-order valence-corrected chi connectivity index (χ4v) is 1.67. The zero-order valence-corrected chi connectivity index (χ0v) is 10.7. The van der Waals surface area contributed by atoms with Crippen LogP contribution in [0.25, 0.3) is 0 Å². The van der Waals surface area contributed by atoms with Gasteiger partial charge in [0.05, 0.1) is 24.0 Å². The fourth-order valence-electron chi connectivity index (χ4n) is 1.47. The molecule has 1 heterocycles. The molecule has 0 atom stereocenters. The number of carbonyl (C=O) groups is 1. The minimum absolute atomic E-state index is 0.0638. The number of halogens is 2. The summed E-state index contributed by atoms with van der Waals surface area (Å²) in [6, 6.07) is 5.93. The van der Waals surface area contributed by atoms with E-state index < -0.39 is 11.7 Å². The van der Waals surface area contributed by atoms with Crippen molar-refractivity contribution in [1.82, 2.24) is 4.98 Å². The number of nitrogens with one attached hydrogen (secondary N) is 1. The summed E-state index contributed by atoms with van der Waals surface area (Å²) in [6.45, 7) is 0. The van der Waals surface area contributed by atoms with Gasteiger partial charge in [0, 0.05) is 11.8 Å². The maximum Gasteiger partial charge on any atom is 0.255 e. The molecule has 0 saturated carbocycles. The molecule has 19 heavy (non-hydrogen) atoms. The van der Waals surface area contributed by atoms with Gasteiger partial charge in [-0.05, 0) is 24.3 Å². The summed E-state index contributed by atoms with van der Waals surface area (Å²) >= 11 is 5.86. The van der Waals surface area contributed by atoms with E-state index in [4.69, 9.17) is 16.3 Å². The molecule has 0 bridgehead atoms. The molecule has 2 aromatic rings. The molecule has 0 aliphatic carbocycles. The Labute approximate surface area is 114 Å². The fraction of sp³-hybridized carbons (Fsp3) is 0.0769. The van der Waals surface area contributed by atoms with Crippen LogP contribution in [0.3, 0.4) is 0 Å². The van der Waals surface area contributed by atoms with Crippen LogP contribution in [0.5, 0.6) is 5.75 Å². The van der Waals surface area contributed by atoms with Gasteiger partial charge in [0.1, 0.15) is 5.75 Å². The van der Waals surface area contributed by atoms with Crippen molar-refractivity contribution in [3.63, 3.8) is 0 Å². The van der Waals surface area contributed by atoms with Gasteiger partial charge in [-0.15, -0.1) is 0 Å². The molecule has 0 spiro atoms. The lowest BCUT2D eigenvalue weighted by atomic mass is 10.2. The van der Waals surface area contributed by atoms with E-state index in [1.54, 1.807) is 0 Å². The van der Waals surface area contributed by atoms with Gasteiger partial charge in [-0.2, -0.15) is 0 Å². The Balaban J connectivity index is 2.23. The minimum Gasteiger partial charge on any atom is -0.495 e. The van der Waals surface area contributed by atoms with Crippen molar-refractivity contribution in [1.29, 1.82) is 0 Å². The van der Waals surface area contributed by atoms with Crippen molar-refractivity contribution < 1.29 is 13.9 Å². The van der Waals surface area contributed by atoms with Crippen LogP contribution in [0.2, 0.25) is 5.02 Å². The molecule has 2 rings (SSSR count). The molecule has 1 N–H and O–H groups in total. The van der Waals surface area contributed by atoms with E-state index in [-0.39, 0.29) is 5.69 Å². The lowest BCUT2D eigenvalue weighted by Gasteiger charge is -2.08. The smallest absolute Gasteiger partial charge is 0.255 e. The number of hydrogen-bond donors (Lipinski definition) is 1. The van der Waals surface area contributed by atoms with E-state index in [0.29, 0.717) is 16.3 Å². The number of ether oxygens (including phenoxy) is 1. The number of anilines is 1. The van der Waals surface area contributed by atoms with Gasteiger partial charge in [0.15, 0.2) is 5.82 Å². The van der Waals surface area contributed by atoms with Gasteiger partial charge in [-0.25, -0.2) is 4.39 Å². The van der Waals surface area contributed by atoms with Gasteiger partial charge in [0.25, 0.3) is 5.91 Å². The highest BCUT2D eigenvalue weighted by molar-refractivity contribution is 6.32. The first kappa shape index (κ1) is 13.3. The highest BCUT2D eigenvalue weighted by atomic mass is 35.5. The van der Waals surface area contributed by atoms with Gasteiger partial charge in [-0.1, -0.05) is 11.6 Å². The lowest BCUT2D eigenvalue weighted by Crippen LogP contribution is -2.13. The number of aromatic nitrogens is 1. The number of pyridine rings is 1. The molecular formula is C13H10ClFN2O2. The Morgan fingerprint density at radius 1 is 1.42 bits per heavy atom. The van der Waals surface area contributed by atoms with Crippen molar-refractivity contribution in [2.24, 2.45) is 0 Å². The molecule has 0 aliphatic heterocycles. The van der Waals surface area contributed by atoms with E-state index in [1.165, 1.54) is 37.6 Å². The van der Waals surface area contributed by atoms with Crippen molar-refractivity contribution >= 4 is 23.2 Å². The third-order valence-corrected chi connectivity index (χ3v) is 2.75. The molecule has 1 amide bonds. The van der Waals surface area contributed by atoms with Crippen molar-refractivity contribution in [3.8, 4) is 5.75 Å². The lowest BCUT2D eigenvalue weighted by molar-refractivity contribution is 0.102. The molecule has 0 saturated heterocycles. The Kier molecular flexibility index (Phi) is 3.97. The Morgan fingerprint density at radius 2 is 2.21 bits per heavy atom. The average molecular weight is 281 g/mol. The number of amides is 1. The second-order valence-electron chi connectivity index (χ2n) is 3.66. The van der Waals surface area contributed by atoms with Crippen LogP contribution in [0.4, 0.5) is 10.1 Å². The van der Waals surface area contributed by atoms with Crippen molar-refractivity contribution in [2.75, 3.05) is 12.4 Å². The zero-order chi connectivity index (χ0) is 13.8.